The molecule has 1 aliphatic heterocycles. The van der Waals surface area contributed by atoms with Gasteiger partial charge >= 0.3 is 5.97 Å². The highest BCUT2D eigenvalue weighted by molar-refractivity contribution is 14.1. The van der Waals surface area contributed by atoms with Crippen LogP contribution in [0.1, 0.15) is 11.1 Å². The van der Waals surface area contributed by atoms with Gasteiger partial charge in [0.25, 0.3) is 0 Å². The summed E-state index contributed by atoms with van der Waals surface area (Å²) in [5.41, 5.74) is 1.67. The van der Waals surface area contributed by atoms with Gasteiger partial charge in [0.05, 0.1) is 0 Å². The molecule has 1 heterocycles. The third-order valence-corrected chi connectivity index (χ3v) is 3.53. The van der Waals surface area contributed by atoms with E-state index in [1.807, 2.05) is 24.3 Å². The lowest BCUT2D eigenvalue weighted by molar-refractivity contribution is -0.129. The summed E-state index contributed by atoms with van der Waals surface area (Å²) in [6, 6.07) is 13.3. The van der Waals surface area contributed by atoms with E-state index < -0.39 is 5.97 Å². The van der Waals surface area contributed by atoms with Crippen LogP contribution in [0.15, 0.2) is 59.2 Å². The first kappa shape index (κ1) is 13.9. The SMILES string of the molecule is O=C1OC(c2ccc(F)cc2)=N/C1=C/c1cccc(I)c1. The molecular formula is C16H9FINO2. The van der Waals surface area contributed by atoms with Gasteiger partial charge in [-0.2, -0.15) is 0 Å². The van der Waals surface area contributed by atoms with Crippen molar-refractivity contribution < 1.29 is 13.9 Å². The number of carbonyl (C=O) groups is 1. The lowest BCUT2D eigenvalue weighted by Gasteiger charge is -1.98. The maximum absolute atomic E-state index is 12.9. The van der Waals surface area contributed by atoms with Crippen LogP contribution >= 0.6 is 22.6 Å². The molecular weight excluding hydrogens is 384 g/mol. The van der Waals surface area contributed by atoms with Crippen molar-refractivity contribution in [1.29, 1.82) is 0 Å². The first-order valence-electron chi connectivity index (χ1n) is 6.16. The Kier molecular flexibility index (Phi) is 3.83. The molecule has 0 radical (unpaired) electrons. The van der Waals surface area contributed by atoms with Gasteiger partial charge in [0.2, 0.25) is 5.90 Å². The number of benzene rings is 2. The molecule has 104 valence electrons. The van der Waals surface area contributed by atoms with Crippen LogP contribution in [0.25, 0.3) is 6.08 Å². The Morgan fingerprint density at radius 2 is 1.90 bits per heavy atom. The summed E-state index contributed by atoms with van der Waals surface area (Å²) in [6.45, 7) is 0. The molecule has 0 N–H and O–H groups in total. The Bertz CT molecular complexity index is 766. The first-order chi connectivity index (χ1) is 10.1. The quantitative estimate of drug-likeness (QED) is 0.443. The van der Waals surface area contributed by atoms with Gasteiger partial charge in [-0.3, -0.25) is 0 Å². The fourth-order valence-electron chi connectivity index (χ4n) is 1.88. The van der Waals surface area contributed by atoms with Crippen molar-refractivity contribution >= 4 is 40.5 Å². The minimum absolute atomic E-state index is 0.192. The molecule has 1 aliphatic rings. The Balaban J connectivity index is 1.93. The number of rotatable bonds is 2. The number of aliphatic imine (C=N–C) groups is 1. The maximum Gasteiger partial charge on any atom is 0.363 e. The van der Waals surface area contributed by atoms with Crippen LogP contribution in [0, 0.1) is 9.39 Å². The van der Waals surface area contributed by atoms with Gasteiger partial charge in [0, 0.05) is 9.13 Å². The number of hydrogen-bond acceptors (Lipinski definition) is 3. The topological polar surface area (TPSA) is 38.7 Å². The van der Waals surface area contributed by atoms with Crippen LogP contribution in [0.5, 0.6) is 0 Å². The Morgan fingerprint density at radius 3 is 2.62 bits per heavy atom. The van der Waals surface area contributed by atoms with Crippen LogP contribution in [0.4, 0.5) is 4.39 Å². The molecule has 21 heavy (non-hydrogen) atoms. The molecule has 0 bridgehead atoms. The molecule has 0 unspecified atom stereocenters. The Morgan fingerprint density at radius 1 is 1.14 bits per heavy atom. The summed E-state index contributed by atoms with van der Waals surface area (Å²) in [4.78, 5) is 16.0. The van der Waals surface area contributed by atoms with Crippen molar-refractivity contribution in [2.45, 2.75) is 0 Å². The Hall–Kier alpha value is -2.02. The largest absolute Gasteiger partial charge is 0.402 e. The van der Waals surface area contributed by atoms with E-state index in [2.05, 4.69) is 27.6 Å². The molecule has 2 aromatic carbocycles. The molecule has 3 rings (SSSR count). The van der Waals surface area contributed by atoms with Crippen molar-refractivity contribution in [3.8, 4) is 0 Å². The number of esters is 1. The molecule has 3 nitrogen and oxygen atoms in total. The van der Waals surface area contributed by atoms with E-state index in [1.54, 1.807) is 6.08 Å². The minimum Gasteiger partial charge on any atom is -0.402 e. The third-order valence-electron chi connectivity index (χ3n) is 2.86. The molecule has 0 aromatic heterocycles. The molecule has 5 heteroatoms. The van der Waals surface area contributed by atoms with E-state index in [0.717, 1.165) is 9.13 Å². The van der Waals surface area contributed by atoms with Gasteiger partial charge in [-0.25, -0.2) is 14.2 Å². The summed E-state index contributed by atoms with van der Waals surface area (Å²) in [5.74, 6) is -0.664. The second-order valence-electron chi connectivity index (χ2n) is 4.40. The second kappa shape index (κ2) is 5.77. The molecule has 0 saturated carbocycles. The van der Waals surface area contributed by atoms with Crippen molar-refractivity contribution in [3.05, 3.63) is 74.7 Å². The number of hydrogen-bond donors (Lipinski definition) is 0. The van der Waals surface area contributed by atoms with Gasteiger partial charge in [0.15, 0.2) is 5.70 Å². The third kappa shape index (κ3) is 3.18. The predicted molar refractivity (Wildman–Crippen MR) is 86.2 cm³/mol. The van der Waals surface area contributed by atoms with E-state index in [1.165, 1.54) is 24.3 Å². The Labute approximate surface area is 134 Å². The number of carbonyl (C=O) groups excluding carboxylic acids is 1. The smallest absolute Gasteiger partial charge is 0.363 e. The minimum atomic E-state index is -0.506. The second-order valence-corrected chi connectivity index (χ2v) is 5.64. The monoisotopic (exact) mass is 393 g/mol. The highest BCUT2D eigenvalue weighted by atomic mass is 127. The zero-order valence-corrected chi connectivity index (χ0v) is 12.9. The molecule has 0 fully saturated rings. The summed E-state index contributed by atoms with van der Waals surface area (Å²) in [6.07, 6.45) is 1.67. The van der Waals surface area contributed by atoms with Crippen LogP contribution in [-0.2, 0) is 9.53 Å². The predicted octanol–water partition coefficient (Wildman–Crippen LogP) is 3.77. The van der Waals surface area contributed by atoms with Crippen LogP contribution in [0.3, 0.4) is 0 Å². The van der Waals surface area contributed by atoms with Gasteiger partial charge in [-0.15, -0.1) is 0 Å². The lowest BCUT2D eigenvalue weighted by Crippen LogP contribution is -2.05. The van der Waals surface area contributed by atoms with Crippen LogP contribution < -0.4 is 0 Å². The molecule has 0 atom stereocenters. The van der Waals surface area contributed by atoms with Crippen molar-refractivity contribution in [1.82, 2.24) is 0 Å². The highest BCUT2D eigenvalue weighted by Gasteiger charge is 2.24. The van der Waals surface area contributed by atoms with Crippen LogP contribution in [-0.4, -0.2) is 11.9 Å². The number of ether oxygens (including phenoxy) is 1. The summed E-state index contributed by atoms with van der Waals surface area (Å²) in [7, 11) is 0. The zero-order chi connectivity index (χ0) is 14.8. The van der Waals surface area contributed by atoms with Gasteiger partial charge < -0.3 is 4.74 Å². The number of nitrogens with zero attached hydrogens (tertiary/aromatic N) is 1. The van der Waals surface area contributed by atoms with Crippen molar-refractivity contribution in [2.75, 3.05) is 0 Å². The van der Waals surface area contributed by atoms with E-state index in [-0.39, 0.29) is 17.4 Å². The lowest BCUT2D eigenvalue weighted by atomic mass is 10.2. The van der Waals surface area contributed by atoms with Gasteiger partial charge in [-0.05, 0) is 70.6 Å². The van der Waals surface area contributed by atoms with E-state index in [4.69, 9.17) is 4.74 Å². The average molecular weight is 393 g/mol. The van der Waals surface area contributed by atoms with E-state index >= 15 is 0 Å². The molecule has 0 spiro atoms. The molecule has 0 amide bonds. The first-order valence-corrected chi connectivity index (χ1v) is 7.24. The highest BCUT2D eigenvalue weighted by Crippen LogP contribution is 2.20. The summed E-state index contributed by atoms with van der Waals surface area (Å²) in [5, 5.41) is 0. The van der Waals surface area contributed by atoms with Gasteiger partial charge in [0.1, 0.15) is 5.82 Å². The standard InChI is InChI=1S/C16H9FINO2/c17-12-6-4-11(5-7-12)15-19-14(16(20)21-15)9-10-2-1-3-13(18)8-10/h1-9H/b14-9+. The fraction of sp³-hybridized carbons (Fsp3) is 0. The van der Waals surface area contributed by atoms with Crippen molar-refractivity contribution in [3.63, 3.8) is 0 Å². The number of cyclic esters (lactones) is 1. The average Bonchev–Trinajstić information content (AvgIpc) is 2.81. The summed E-state index contributed by atoms with van der Waals surface area (Å²) >= 11 is 2.20. The number of halogens is 2. The molecule has 0 saturated heterocycles. The zero-order valence-electron chi connectivity index (χ0n) is 10.7. The fourth-order valence-corrected chi connectivity index (χ4v) is 2.45. The molecule has 0 aliphatic carbocycles. The van der Waals surface area contributed by atoms with Crippen molar-refractivity contribution in [2.24, 2.45) is 4.99 Å². The van der Waals surface area contributed by atoms with Gasteiger partial charge in [-0.1, -0.05) is 12.1 Å². The van der Waals surface area contributed by atoms with Crippen LogP contribution in [0.2, 0.25) is 0 Å². The van der Waals surface area contributed by atoms with E-state index in [0.29, 0.717) is 5.56 Å². The summed E-state index contributed by atoms with van der Waals surface area (Å²) < 4.78 is 19.1. The maximum atomic E-state index is 12.9. The van der Waals surface area contributed by atoms with E-state index in [9.17, 15) is 9.18 Å². The normalized spacial score (nSPS) is 16.0. The molecule has 2 aromatic rings.